The van der Waals surface area contributed by atoms with Gasteiger partial charge in [0.15, 0.2) is 0 Å². The number of methoxy groups -OCH3 is 1. The van der Waals surface area contributed by atoms with Crippen LogP contribution in [0.1, 0.15) is 11.1 Å². The lowest BCUT2D eigenvalue weighted by molar-refractivity contribution is -0.129. The van der Waals surface area contributed by atoms with Gasteiger partial charge < -0.3 is 20.1 Å². The molecule has 0 bridgehead atoms. The van der Waals surface area contributed by atoms with Crippen LogP contribution in [0.5, 0.6) is 11.5 Å². The second-order valence-corrected chi connectivity index (χ2v) is 6.74. The Balaban J connectivity index is 1.44. The maximum absolute atomic E-state index is 12.3. The average molecular weight is 389 g/mol. The number of benzene rings is 2. The average Bonchev–Trinajstić information content (AvgIpc) is 2.70. The monoisotopic (exact) mass is 388 g/mol. The van der Waals surface area contributed by atoms with Crippen molar-refractivity contribution >= 4 is 23.4 Å². The molecule has 0 saturated heterocycles. The standard InChI is InChI=1S/C20H21ClN2O4/c1-26-17-5-2-13(3-6-17)10-22-19(24)11-23-20(25)15-8-14-9-16(21)4-7-18(14)27-12-15/h2-7,9,15H,8,10-12H2,1H3,(H,22,24)(H,23,25). The summed E-state index contributed by atoms with van der Waals surface area (Å²) in [6, 6.07) is 12.8. The van der Waals surface area contributed by atoms with Gasteiger partial charge >= 0.3 is 0 Å². The van der Waals surface area contributed by atoms with E-state index in [1.165, 1.54) is 0 Å². The highest BCUT2D eigenvalue weighted by atomic mass is 35.5. The summed E-state index contributed by atoms with van der Waals surface area (Å²) < 4.78 is 10.7. The van der Waals surface area contributed by atoms with Gasteiger partial charge in [-0.05, 0) is 47.9 Å². The second kappa shape index (κ2) is 8.77. The van der Waals surface area contributed by atoms with Crippen molar-refractivity contribution < 1.29 is 19.1 Å². The lowest BCUT2D eigenvalue weighted by Gasteiger charge is -2.24. The molecule has 2 aromatic rings. The summed E-state index contributed by atoms with van der Waals surface area (Å²) in [6.45, 7) is 0.596. The van der Waals surface area contributed by atoms with Crippen LogP contribution >= 0.6 is 11.6 Å². The van der Waals surface area contributed by atoms with E-state index in [2.05, 4.69) is 10.6 Å². The Morgan fingerprint density at radius 2 is 1.96 bits per heavy atom. The lowest BCUT2D eigenvalue weighted by Crippen LogP contribution is -2.42. The van der Waals surface area contributed by atoms with E-state index >= 15 is 0 Å². The van der Waals surface area contributed by atoms with Gasteiger partial charge in [-0.2, -0.15) is 0 Å². The molecular formula is C20H21ClN2O4. The van der Waals surface area contributed by atoms with Gasteiger partial charge in [-0.15, -0.1) is 0 Å². The van der Waals surface area contributed by atoms with Crippen molar-refractivity contribution in [2.24, 2.45) is 5.92 Å². The number of hydrogen-bond donors (Lipinski definition) is 2. The smallest absolute Gasteiger partial charge is 0.239 e. The van der Waals surface area contributed by atoms with Crippen LogP contribution < -0.4 is 20.1 Å². The van der Waals surface area contributed by atoms with E-state index in [1.54, 1.807) is 25.3 Å². The van der Waals surface area contributed by atoms with Gasteiger partial charge in [-0.25, -0.2) is 0 Å². The van der Waals surface area contributed by atoms with Crippen LogP contribution in [0.25, 0.3) is 0 Å². The van der Waals surface area contributed by atoms with Crippen molar-refractivity contribution in [2.75, 3.05) is 20.3 Å². The van der Waals surface area contributed by atoms with Gasteiger partial charge in [0.2, 0.25) is 11.8 Å². The zero-order chi connectivity index (χ0) is 19.2. The third-order valence-electron chi connectivity index (χ3n) is 4.37. The molecule has 27 heavy (non-hydrogen) atoms. The molecule has 6 nitrogen and oxygen atoms in total. The third-order valence-corrected chi connectivity index (χ3v) is 4.61. The highest BCUT2D eigenvalue weighted by molar-refractivity contribution is 6.30. The fourth-order valence-electron chi connectivity index (χ4n) is 2.85. The molecule has 0 saturated carbocycles. The predicted octanol–water partition coefficient (Wildman–Crippen LogP) is 2.33. The van der Waals surface area contributed by atoms with E-state index in [9.17, 15) is 9.59 Å². The summed E-state index contributed by atoms with van der Waals surface area (Å²) >= 11 is 5.99. The van der Waals surface area contributed by atoms with E-state index in [0.29, 0.717) is 18.0 Å². The molecule has 1 heterocycles. The van der Waals surface area contributed by atoms with Crippen molar-refractivity contribution in [3.63, 3.8) is 0 Å². The van der Waals surface area contributed by atoms with E-state index in [-0.39, 0.29) is 30.9 Å². The van der Waals surface area contributed by atoms with Crippen molar-refractivity contribution in [1.29, 1.82) is 0 Å². The molecule has 0 radical (unpaired) electrons. The molecule has 3 rings (SSSR count). The Bertz CT molecular complexity index is 823. The maximum Gasteiger partial charge on any atom is 0.239 e. The molecule has 1 atom stereocenters. The van der Waals surface area contributed by atoms with Crippen LogP contribution in [0, 0.1) is 5.92 Å². The molecule has 0 aromatic heterocycles. The minimum atomic E-state index is -0.342. The summed E-state index contributed by atoms with van der Waals surface area (Å²) in [4.78, 5) is 24.3. The Kier molecular flexibility index (Phi) is 6.19. The van der Waals surface area contributed by atoms with Gasteiger partial charge in [0.1, 0.15) is 18.1 Å². The predicted molar refractivity (Wildman–Crippen MR) is 102 cm³/mol. The Hall–Kier alpha value is -2.73. The molecule has 7 heteroatoms. The number of amides is 2. The Labute approximate surface area is 162 Å². The van der Waals surface area contributed by atoms with Gasteiger partial charge in [0, 0.05) is 11.6 Å². The first-order chi connectivity index (χ1) is 13.0. The normalized spacial score (nSPS) is 15.3. The number of nitrogens with one attached hydrogen (secondary N) is 2. The molecule has 142 valence electrons. The van der Waals surface area contributed by atoms with Gasteiger partial charge in [-0.3, -0.25) is 9.59 Å². The highest BCUT2D eigenvalue weighted by Crippen LogP contribution is 2.29. The van der Waals surface area contributed by atoms with E-state index in [4.69, 9.17) is 21.1 Å². The molecule has 1 aliphatic heterocycles. The largest absolute Gasteiger partial charge is 0.497 e. The molecule has 0 aliphatic carbocycles. The first kappa shape index (κ1) is 19.0. The van der Waals surface area contributed by atoms with Crippen LogP contribution in [-0.4, -0.2) is 32.1 Å². The quantitative estimate of drug-likeness (QED) is 0.796. The number of fused-ring (bicyclic) bond motifs is 1. The first-order valence-electron chi connectivity index (χ1n) is 8.63. The summed E-state index contributed by atoms with van der Waals surface area (Å²) in [7, 11) is 1.60. The van der Waals surface area contributed by atoms with Crippen LogP contribution in [0.15, 0.2) is 42.5 Å². The lowest BCUT2D eigenvalue weighted by atomic mass is 9.96. The third kappa shape index (κ3) is 5.14. The van der Waals surface area contributed by atoms with Crippen molar-refractivity contribution in [1.82, 2.24) is 10.6 Å². The fourth-order valence-corrected chi connectivity index (χ4v) is 3.04. The molecular weight excluding hydrogens is 368 g/mol. The molecule has 2 aromatic carbocycles. The van der Waals surface area contributed by atoms with E-state index in [0.717, 1.165) is 22.6 Å². The minimum Gasteiger partial charge on any atom is -0.497 e. The van der Waals surface area contributed by atoms with Gasteiger partial charge in [0.25, 0.3) is 0 Å². The SMILES string of the molecule is COc1ccc(CNC(=O)CNC(=O)C2COc3ccc(Cl)cc3C2)cc1. The molecule has 0 spiro atoms. The van der Waals surface area contributed by atoms with Crippen molar-refractivity contribution in [3.05, 3.63) is 58.6 Å². The topological polar surface area (TPSA) is 76.7 Å². The van der Waals surface area contributed by atoms with Crippen molar-refractivity contribution in [2.45, 2.75) is 13.0 Å². The van der Waals surface area contributed by atoms with Crippen LogP contribution in [-0.2, 0) is 22.6 Å². The van der Waals surface area contributed by atoms with E-state index < -0.39 is 0 Å². The summed E-state index contributed by atoms with van der Waals surface area (Å²) in [5.74, 6) is 0.709. The number of ether oxygens (including phenoxy) is 2. The summed E-state index contributed by atoms with van der Waals surface area (Å²) in [5.41, 5.74) is 1.85. The van der Waals surface area contributed by atoms with Gasteiger partial charge in [-0.1, -0.05) is 23.7 Å². The van der Waals surface area contributed by atoms with Crippen LogP contribution in [0.2, 0.25) is 5.02 Å². The first-order valence-corrected chi connectivity index (χ1v) is 9.01. The second-order valence-electron chi connectivity index (χ2n) is 6.31. The number of carbonyl (C=O) groups excluding carboxylic acids is 2. The Morgan fingerprint density at radius 1 is 1.19 bits per heavy atom. The maximum atomic E-state index is 12.3. The number of hydrogen-bond acceptors (Lipinski definition) is 4. The number of halogens is 1. The molecule has 1 aliphatic rings. The van der Waals surface area contributed by atoms with Crippen LogP contribution in [0.3, 0.4) is 0 Å². The van der Waals surface area contributed by atoms with Crippen molar-refractivity contribution in [3.8, 4) is 11.5 Å². The molecule has 1 unspecified atom stereocenters. The number of carbonyl (C=O) groups is 2. The minimum absolute atomic E-state index is 0.0755. The summed E-state index contributed by atoms with van der Waals surface area (Å²) in [5, 5.41) is 6.05. The molecule has 2 amide bonds. The molecule has 0 fully saturated rings. The zero-order valence-corrected chi connectivity index (χ0v) is 15.7. The highest BCUT2D eigenvalue weighted by Gasteiger charge is 2.26. The van der Waals surface area contributed by atoms with Gasteiger partial charge in [0.05, 0.1) is 19.6 Å². The Morgan fingerprint density at radius 3 is 2.70 bits per heavy atom. The zero-order valence-electron chi connectivity index (χ0n) is 15.0. The molecule has 2 N–H and O–H groups in total. The fraction of sp³-hybridized carbons (Fsp3) is 0.300. The van der Waals surface area contributed by atoms with E-state index in [1.807, 2.05) is 24.3 Å². The summed E-state index contributed by atoms with van der Waals surface area (Å²) in [6.07, 6.45) is 0.537. The van der Waals surface area contributed by atoms with Crippen LogP contribution in [0.4, 0.5) is 0 Å². The number of rotatable bonds is 6.